The van der Waals surface area contributed by atoms with Gasteiger partial charge in [0.25, 0.3) is 5.91 Å². The van der Waals surface area contributed by atoms with Crippen LogP contribution in [-0.4, -0.2) is 33.9 Å². The monoisotopic (exact) mass is 355 g/mol. The summed E-state index contributed by atoms with van der Waals surface area (Å²) in [4.78, 5) is 12.0. The highest BCUT2D eigenvalue weighted by molar-refractivity contribution is 5.97. The Hall–Kier alpha value is -1.85. The fourth-order valence-electron chi connectivity index (χ4n) is 6.65. The predicted octanol–water partition coefficient (Wildman–Crippen LogP) is 1.83. The van der Waals surface area contributed by atoms with Crippen molar-refractivity contribution in [2.24, 2.45) is 17.6 Å². The molecule has 1 aliphatic heterocycles. The topological polar surface area (TPSA) is 92.8 Å². The first-order valence-corrected chi connectivity index (χ1v) is 9.58. The minimum Gasteiger partial charge on any atom is -0.486 e. The van der Waals surface area contributed by atoms with E-state index >= 15 is 0 Å². The lowest BCUT2D eigenvalue weighted by molar-refractivity contribution is -0.208. The molecular weight excluding hydrogens is 330 g/mol. The van der Waals surface area contributed by atoms with Crippen molar-refractivity contribution >= 4 is 5.91 Å². The van der Waals surface area contributed by atoms with Crippen LogP contribution in [0.4, 0.5) is 0 Å². The summed E-state index contributed by atoms with van der Waals surface area (Å²) in [5, 5.41) is 22.8. The van der Waals surface area contributed by atoms with Gasteiger partial charge < -0.3 is 20.7 Å². The van der Waals surface area contributed by atoms with Crippen LogP contribution in [-0.2, 0) is 11.8 Å². The number of carbonyl (C=O) groups excluding carboxylic acids is 1. The number of allylic oxidation sites excluding steroid dienone is 1. The number of amides is 1. The number of primary amides is 1. The predicted molar refractivity (Wildman–Crippen MR) is 96.0 cm³/mol. The fraction of sp³-hybridized carbons (Fsp3) is 0.571. The third-order valence-corrected chi connectivity index (χ3v) is 7.63. The zero-order valence-electron chi connectivity index (χ0n) is 14.8. The normalized spacial score (nSPS) is 41.9. The first-order chi connectivity index (χ1) is 12.4. The summed E-state index contributed by atoms with van der Waals surface area (Å²) >= 11 is 0. The molecule has 138 valence electrons. The Kier molecular flexibility index (Phi) is 3.21. The third kappa shape index (κ3) is 1.66. The average molecular weight is 355 g/mol. The van der Waals surface area contributed by atoms with E-state index in [1.165, 1.54) is 0 Å². The van der Waals surface area contributed by atoms with Crippen LogP contribution in [0.15, 0.2) is 24.8 Å². The zero-order valence-corrected chi connectivity index (χ0v) is 14.8. The molecular formula is C21H25NO4. The quantitative estimate of drug-likeness (QED) is 0.721. The summed E-state index contributed by atoms with van der Waals surface area (Å²) in [6.07, 6.45) is 5.23. The number of aliphatic hydroxyl groups excluding tert-OH is 1. The van der Waals surface area contributed by atoms with Gasteiger partial charge in [0.1, 0.15) is 11.9 Å². The van der Waals surface area contributed by atoms with Crippen LogP contribution in [0, 0.1) is 11.8 Å². The van der Waals surface area contributed by atoms with Gasteiger partial charge in [0, 0.05) is 5.56 Å². The van der Waals surface area contributed by atoms with Crippen molar-refractivity contribution in [3.63, 3.8) is 0 Å². The molecule has 1 aromatic rings. The Morgan fingerprint density at radius 1 is 1.38 bits per heavy atom. The van der Waals surface area contributed by atoms with E-state index in [1.807, 2.05) is 12.1 Å². The molecule has 5 nitrogen and oxygen atoms in total. The van der Waals surface area contributed by atoms with Gasteiger partial charge in [0.2, 0.25) is 0 Å². The largest absolute Gasteiger partial charge is 0.486 e. The average Bonchev–Trinajstić information content (AvgIpc) is 2.95. The Morgan fingerprint density at radius 2 is 2.19 bits per heavy atom. The number of nitrogens with two attached hydrogens (primary N) is 1. The highest BCUT2D eigenvalue weighted by Crippen LogP contribution is 2.67. The molecule has 2 saturated carbocycles. The molecule has 1 spiro atoms. The maximum atomic E-state index is 12.0. The Bertz CT molecular complexity index is 820. The van der Waals surface area contributed by atoms with E-state index in [0.717, 1.165) is 36.8 Å². The summed E-state index contributed by atoms with van der Waals surface area (Å²) < 4.78 is 6.21. The molecule has 0 aromatic heterocycles. The maximum Gasteiger partial charge on any atom is 0.252 e. The van der Waals surface area contributed by atoms with Gasteiger partial charge in [-0.05, 0) is 62.0 Å². The van der Waals surface area contributed by atoms with Crippen LogP contribution < -0.4 is 10.5 Å². The second-order valence-electron chi connectivity index (χ2n) is 8.51. The molecule has 6 atom stereocenters. The van der Waals surface area contributed by atoms with Gasteiger partial charge in [-0.1, -0.05) is 12.1 Å². The maximum absolute atomic E-state index is 12.0. The lowest BCUT2D eigenvalue weighted by Gasteiger charge is -2.63. The molecule has 1 unspecified atom stereocenters. The number of hydrogen-bond donors (Lipinski definition) is 3. The second kappa shape index (κ2) is 5.11. The Labute approximate surface area is 152 Å². The fourth-order valence-corrected chi connectivity index (χ4v) is 6.65. The number of carbonyl (C=O) groups is 1. The van der Waals surface area contributed by atoms with Crippen LogP contribution in [0.2, 0.25) is 0 Å². The van der Waals surface area contributed by atoms with E-state index in [-0.39, 0.29) is 5.92 Å². The molecule has 2 fully saturated rings. The lowest BCUT2D eigenvalue weighted by Crippen LogP contribution is -2.72. The van der Waals surface area contributed by atoms with Crippen molar-refractivity contribution < 1.29 is 19.7 Å². The number of rotatable bonds is 3. The Balaban J connectivity index is 1.79. The molecule has 3 aliphatic carbocycles. The van der Waals surface area contributed by atoms with Crippen molar-refractivity contribution in [3.05, 3.63) is 41.5 Å². The van der Waals surface area contributed by atoms with Crippen molar-refractivity contribution in [1.29, 1.82) is 0 Å². The summed E-state index contributed by atoms with van der Waals surface area (Å²) in [5.41, 5.74) is 6.45. The van der Waals surface area contributed by atoms with Crippen molar-refractivity contribution in [3.8, 4) is 5.75 Å². The molecule has 0 saturated heterocycles. The molecule has 4 aliphatic rings. The Morgan fingerprint density at radius 3 is 2.92 bits per heavy atom. The molecule has 26 heavy (non-hydrogen) atoms. The molecule has 4 N–H and O–H groups in total. The molecule has 1 aromatic carbocycles. The standard InChI is InChI=1S/C21H25NO4/c1-2-3-11-6-8-20-16-12-4-5-13(19(22)24)17(16)26-18(20)15(23)7-9-21(20,25)14(11)10-12/h2,4-5,11,14-15,18,23,25H,1,3,6-10H2,(H2,22,24)/t11?,14-,15+,18-,20-,21+/m0/s1. The van der Waals surface area contributed by atoms with Gasteiger partial charge in [-0.2, -0.15) is 0 Å². The minimum absolute atomic E-state index is 0.116. The minimum atomic E-state index is -0.919. The van der Waals surface area contributed by atoms with Crippen molar-refractivity contribution in [2.75, 3.05) is 0 Å². The summed E-state index contributed by atoms with van der Waals surface area (Å²) in [6.45, 7) is 3.90. The van der Waals surface area contributed by atoms with Crippen LogP contribution in [0.5, 0.6) is 5.75 Å². The van der Waals surface area contributed by atoms with Crippen molar-refractivity contribution in [1.82, 2.24) is 0 Å². The van der Waals surface area contributed by atoms with Crippen LogP contribution in [0.1, 0.15) is 53.6 Å². The molecule has 5 heteroatoms. The highest BCUT2D eigenvalue weighted by atomic mass is 16.5. The molecule has 1 heterocycles. The summed E-state index contributed by atoms with van der Waals surface area (Å²) in [7, 11) is 0. The molecule has 1 amide bonds. The first-order valence-electron chi connectivity index (χ1n) is 9.58. The van der Waals surface area contributed by atoms with Crippen molar-refractivity contribution in [2.45, 2.75) is 61.7 Å². The number of aliphatic hydroxyl groups is 2. The van der Waals surface area contributed by atoms with Gasteiger partial charge in [-0.3, -0.25) is 4.79 Å². The van der Waals surface area contributed by atoms with Gasteiger partial charge in [0.15, 0.2) is 0 Å². The SMILES string of the molecule is C=CCC1CC[C@]23c4c5ccc(C(N)=O)c4O[C@H]2[C@H](O)CC[C@@]3(O)[C@H]1C5. The van der Waals surface area contributed by atoms with Gasteiger partial charge in [-0.15, -0.1) is 6.58 Å². The van der Waals surface area contributed by atoms with E-state index in [2.05, 4.69) is 6.58 Å². The van der Waals surface area contributed by atoms with E-state index in [4.69, 9.17) is 10.5 Å². The number of hydrogen-bond acceptors (Lipinski definition) is 4. The smallest absolute Gasteiger partial charge is 0.252 e. The third-order valence-electron chi connectivity index (χ3n) is 7.63. The highest BCUT2D eigenvalue weighted by Gasteiger charge is 2.72. The van der Waals surface area contributed by atoms with E-state index in [9.17, 15) is 15.0 Å². The summed E-state index contributed by atoms with van der Waals surface area (Å²) in [6, 6.07) is 3.70. The van der Waals surface area contributed by atoms with E-state index in [0.29, 0.717) is 30.1 Å². The van der Waals surface area contributed by atoms with Crippen LogP contribution in [0.3, 0.4) is 0 Å². The van der Waals surface area contributed by atoms with Crippen LogP contribution in [0.25, 0.3) is 0 Å². The van der Waals surface area contributed by atoms with Crippen LogP contribution >= 0.6 is 0 Å². The van der Waals surface area contributed by atoms with E-state index in [1.54, 1.807) is 6.07 Å². The molecule has 0 radical (unpaired) electrons. The molecule has 2 bridgehead atoms. The summed E-state index contributed by atoms with van der Waals surface area (Å²) in [5.74, 6) is 0.469. The van der Waals surface area contributed by atoms with Gasteiger partial charge >= 0.3 is 0 Å². The molecule has 5 rings (SSSR count). The van der Waals surface area contributed by atoms with Gasteiger partial charge in [-0.25, -0.2) is 0 Å². The number of benzene rings is 1. The lowest BCUT2D eigenvalue weighted by atomic mass is 9.43. The second-order valence-corrected chi connectivity index (χ2v) is 8.51. The number of ether oxygens (including phenoxy) is 1. The van der Waals surface area contributed by atoms with Gasteiger partial charge in [0.05, 0.1) is 22.7 Å². The zero-order chi connectivity index (χ0) is 18.3. The van der Waals surface area contributed by atoms with E-state index < -0.39 is 29.1 Å². The first kappa shape index (κ1) is 16.3.